The molecule has 0 bridgehead atoms. The topological polar surface area (TPSA) is 76.5 Å². The average Bonchev–Trinajstić information content (AvgIpc) is 1.96. The maximum Gasteiger partial charge on any atom is 0.247 e. The van der Waals surface area contributed by atoms with Crippen molar-refractivity contribution < 1.29 is 4.74 Å². The smallest absolute Gasteiger partial charge is 0.247 e. The molecule has 1 aliphatic heterocycles. The number of rotatable bonds is 1. The average molecular weight is 146 g/mol. The zero-order chi connectivity index (χ0) is 7.61. The molecule has 1 rings (SSSR count). The van der Waals surface area contributed by atoms with Crippen molar-refractivity contribution in [3.63, 3.8) is 0 Å². The zero-order valence-electron chi connectivity index (χ0n) is 6.13. The summed E-state index contributed by atoms with van der Waals surface area (Å²) in [5.74, 6) is 4.58. The second-order valence-electron chi connectivity index (χ2n) is 2.34. The lowest BCUT2D eigenvalue weighted by Crippen LogP contribution is -2.70. The van der Waals surface area contributed by atoms with Gasteiger partial charge in [-0.2, -0.15) is 5.01 Å². The van der Waals surface area contributed by atoms with Gasteiger partial charge in [0.15, 0.2) is 0 Å². The molecule has 0 radical (unpaired) electrons. The van der Waals surface area contributed by atoms with Crippen LogP contribution in [0, 0.1) is 0 Å². The minimum atomic E-state index is -0.960. The van der Waals surface area contributed by atoms with Gasteiger partial charge in [-0.15, -0.1) is 0 Å². The van der Waals surface area contributed by atoms with E-state index in [0.29, 0.717) is 6.61 Å². The zero-order valence-corrected chi connectivity index (χ0v) is 6.13. The Bertz CT molecular complexity index is 120. The Morgan fingerprint density at radius 2 is 2.40 bits per heavy atom. The molecule has 1 saturated heterocycles. The maximum atomic E-state index is 5.67. The van der Waals surface area contributed by atoms with Crippen molar-refractivity contribution in [1.82, 2.24) is 10.3 Å². The number of nitrogens with one attached hydrogen (secondary N) is 1. The molecule has 0 amide bonds. The van der Waals surface area contributed by atoms with Crippen LogP contribution >= 0.6 is 0 Å². The van der Waals surface area contributed by atoms with Gasteiger partial charge in [0.25, 0.3) is 0 Å². The summed E-state index contributed by atoms with van der Waals surface area (Å²) in [5, 5.41) is 4.24. The number of hydrogen-bond donors (Lipinski definition) is 3. The molecule has 1 fully saturated rings. The Balaban J connectivity index is 2.54. The number of nitrogens with zero attached hydrogens (tertiary/aromatic N) is 1. The summed E-state index contributed by atoms with van der Waals surface area (Å²) in [7, 11) is 1.71. The van der Waals surface area contributed by atoms with Crippen LogP contribution in [0.1, 0.15) is 6.42 Å². The fourth-order valence-corrected chi connectivity index (χ4v) is 0.927. The third-order valence-corrected chi connectivity index (χ3v) is 1.65. The number of hydrazine groups is 1. The third-order valence-electron chi connectivity index (χ3n) is 1.65. The highest BCUT2D eigenvalue weighted by atomic mass is 16.6. The largest absolute Gasteiger partial charge is 0.334 e. The van der Waals surface area contributed by atoms with E-state index in [9.17, 15) is 0 Å². The second kappa shape index (κ2) is 2.81. The van der Waals surface area contributed by atoms with E-state index in [4.69, 9.17) is 16.3 Å². The van der Waals surface area contributed by atoms with Gasteiger partial charge in [0, 0.05) is 6.54 Å². The Morgan fingerprint density at radius 3 is 2.80 bits per heavy atom. The summed E-state index contributed by atoms with van der Waals surface area (Å²) >= 11 is 0. The van der Waals surface area contributed by atoms with E-state index in [1.165, 1.54) is 5.01 Å². The predicted octanol–water partition coefficient (Wildman–Crippen LogP) is -1.63. The van der Waals surface area contributed by atoms with E-state index in [-0.39, 0.29) is 0 Å². The molecule has 1 heterocycles. The van der Waals surface area contributed by atoms with Crippen LogP contribution in [-0.4, -0.2) is 31.2 Å². The first-order valence-corrected chi connectivity index (χ1v) is 3.33. The normalized spacial score (nSPS) is 36.3. The summed E-state index contributed by atoms with van der Waals surface area (Å²) in [4.78, 5) is 0. The van der Waals surface area contributed by atoms with Gasteiger partial charge in [0.1, 0.15) is 0 Å². The van der Waals surface area contributed by atoms with Gasteiger partial charge in [-0.3, -0.25) is 16.9 Å². The predicted molar refractivity (Wildman–Crippen MR) is 37.4 cm³/mol. The molecule has 0 aromatic carbocycles. The third kappa shape index (κ3) is 1.28. The van der Waals surface area contributed by atoms with Crippen molar-refractivity contribution >= 4 is 0 Å². The van der Waals surface area contributed by atoms with Crippen LogP contribution in [0.25, 0.3) is 0 Å². The second-order valence-corrected chi connectivity index (χ2v) is 2.34. The van der Waals surface area contributed by atoms with Gasteiger partial charge in [0.05, 0.1) is 6.61 Å². The molecule has 5 heteroatoms. The Hall–Kier alpha value is -0.200. The van der Waals surface area contributed by atoms with Gasteiger partial charge in [0.2, 0.25) is 5.97 Å². The van der Waals surface area contributed by atoms with Gasteiger partial charge in [-0.25, -0.2) is 0 Å². The van der Waals surface area contributed by atoms with Crippen molar-refractivity contribution in [2.45, 2.75) is 12.4 Å². The van der Waals surface area contributed by atoms with Gasteiger partial charge < -0.3 is 4.74 Å². The van der Waals surface area contributed by atoms with E-state index in [1.807, 2.05) is 0 Å². The highest BCUT2D eigenvalue weighted by Gasteiger charge is 2.32. The monoisotopic (exact) mass is 146 g/mol. The quantitative estimate of drug-likeness (QED) is 0.306. The van der Waals surface area contributed by atoms with Crippen LogP contribution < -0.4 is 16.9 Å². The van der Waals surface area contributed by atoms with E-state index in [1.54, 1.807) is 7.05 Å². The van der Waals surface area contributed by atoms with E-state index in [0.717, 1.165) is 13.0 Å². The van der Waals surface area contributed by atoms with Gasteiger partial charge >= 0.3 is 0 Å². The highest BCUT2D eigenvalue weighted by molar-refractivity contribution is 4.70. The number of hydrogen-bond acceptors (Lipinski definition) is 5. The minimum absolute atomic E-state index is 0.658. The molecule has 1 unspecified atom stereocenters. The SMILES string of the molecule is CNC1(N)OCCCN1N. The first-order valence-electron chi connectivity index (χ1n) is 3.33. The van der Waals surface area contributed by atoms with Crippen LogP contribution in [0.15, 0.2) is 0 Å². The number of nitrogens with two attached hydrogens (primary N) is 2. The van der Waals surface area contributed by atoms with Crippen molar-refractivity contribution in [2.75, 3.05) is 20.2 Å². The molecule has 1 atom stereocenters. The Labute approximate surface area is 60.3 Å². The summed E-state index contributed by atoms with van der Waals surface area (Å²) in [6, 6.07) is 0. The van der Waals surface area contributed by atoms with Gasteiger partial charge in [-0.1, -0.05) is 0 Å². The molecule has 0 aromatic heterocycles. The van der Waals surface area contributed by atoms with Crippen molar-refractivity contribution in [1.29, 1.82) is 0 Å². The molecule has 0 saturated carbocycles. The van der Waals surface area contributed by atoms with E-state index >= 15 is 0 Å². The molecule has 0 aromatic rings. The molecule has 1 aliphatic rings. The highest BCUT2D eigenvalue weighted by Crippen LogP contribution is 2.08. The fourth-order valence-electron chi connectivity index (χ4n) is 0.927. The first kappa shape index (κ1) is 7.90. The van der Waals surface area contributed by atoms with E-state index in [2.05, 4.69) is 5.32 Å². The Kier molecular flexibility index (Phi) is 2.22. The molecule has 60 valence electrons. The lowest BCUT2D eigenvalue weighted by atomic mass is 10.4. The van der Waals surface area contributed by atoms with E-state index < -0.39 is 5.97 Å². The minimum Gasteiger partial charge on any atom is -0.334 e. The molecule has 0 spiro atoms. The van der Waals surface area contributed by atoms with Crippen LogP contribution in [0.3, 0.4) is 0 Å². The summed E-state index contributed by atoms with van der Waals surface area (Å²) in [6.45, 7) is 1.42. The lowest BCUT2D eigenvalue weighted by molar-refractivity contribution is -0.200. The maximum absolute atomic E-state index is 5.67. The standard InChI is InChI=1S/C5H14N4O/c1-8-5(6)9(7)3-2-4-10-5/h8H,2-4,6-7H2,1H3. The molecule has 5 N–H and O–H groups in total. The molecule has 10 heavy (non-hydrogen) atoms. The molecule has 5 nitrogen and oxygen atoms in total. The van der Waals surface area contributed by atoms with Crippen LogP contribution in [0.5, 0.6) is 0 Å². The van der Waals surface area contributed by atoms with Crippen molar-refractivity contribution in [2.24, 2.45) is 11.6 Å². The Morgan fingerprint density at radius 1 is 1.70 bits per heavy atom. The molecular weight excluding hydrogens is 132 g/mol. The van der Waals surface area contributed by atoms with Gasteiger partial charge in [-0.05, 0) is 13.5 Å². The summed E-state index contributed by atoms with van der Waals surface area (Å²) in [6.07, 6.45) is 0.928. The van der Waals surface area contributed by atoms with Crippen LogP contribution in [-0.2, 0) is 4.74 Å². The van der Waals surface area contributed by atoms with Crippen LogP contribution in [0.4, 0.5) is 0 Å². The van der Waals surface area contributed by atoms with Crippen molar-refractivity contribution in [3.05, 3.63) is 0 Å². The first-order chi connectivity index (χ1) is 4.69. The summed E-state index contributed by atoms with van der Waals surface area (Å²) < 4.78 is 5.19. The summed E-state index contributed by atoms with van der Waals surface area (Å²) in [5.41, 5.74) is 5.67. The van der Waals surface area contributed by atoms with Crippen LogP contribution in [0.2, 0.25) is 0 Å². The number of ether oxygens (including phenoxy) is 1. The molecule has 0 aliphatic carbocycles. The van der Waals surface area contributed by atoms with Crippen molar-refractivity contribution in [3.8, 4) is 0 Å². The lowest BCUT2D eigenvalue weighted by Gasteiger charge is -2.40. The molecular formula is C5H14N4O. The fraction of sp³-hybridized carbons (Fsp3) is 1.00.